The molecule has 1 aromatic carbocycles. The molecule has 100 valence electrons. The number of alkyl halides is 3. The van der Waals surface area contributed by atoms with Crippen LogP contribution in [0.15, 0.2) is 42.6 Å². The number of aromatic nitrogens is 1. The van der Waals surface area contributed by atoms with E-state index in [1.807, 2.05) is 0 Å². The Labute approximate surface area is 108 Å². The maximum atomic E-state index is 12.8. The highest BCUT2D eigenvalue weighted by Crippen LogP contribution is 2.35. The number of rotatable bonds is 3. The quantitative estimate of drug-likeness (QED) is 0.897. The normalized spacial score (nSPS) is 11.4. The van der Waals surface area contributed by atoms with Gasteiger partial charge in [0.25, 0.3) is 0 Å². The molecule has 19 heavy (non-hydrogen) atoms. The highest BCUT2D eigenvalue weighted by Gasteiger charge is 2.33. The Morgan fingerprint density at radius 1 is 1.11 bits per heavy atom. The standard InChI is InChI=1S/C13H12F3N3/c14-13(15,16)11-3-1-2-4-12(11)19-10-6-5-9(7-17)18-8-10/h1-6,8,19H,7,17H2. The molecule has 0 fully saturated rings. The van der Waals surface area contributed by atoms with Crippen LogP contribution >= 0.6 is 0 Å². The molecule has 0 aliphatic rings. The molecule has 3 nitrogen and oxygen atoms in total. The zero-order chi connectivity index (χ0) is 13.9. The third kappa shape index (κ3) is 3.23. The minimum atomic E-state index is -4.39. The number of nitrogens with one attached hydrogen (secondary N) is 1. The first kappa shape index (κ1) is 13.4. The van der Waals surface area contributed by atoms with Gasteiger partial charge in [0, 0.05) is 6.54 Å². The second-order valence-electron chi connectivity index (χ2n) is 3.91. The molecule has 0 unspecified atom stereocenters. The molecule has 0 amide bonds. The number of anilines is 2. The average Bonchev–Trinajstić information content (AvgIpc) is 2.39. The third-order valence-corrected chi connectivity index (χ3v) is 2.55. The van der Waals surface area contributed by atoms with Crippen LogP contribution in [0.5, 0.6) is 0 Å². The maximum absolute atomic E-state index is 12.8. The molecule has 2 rings (SSSR count). The van der Waals surface area contributed by atoms with Crippen molar-refractivity contribution in [3.63, 3.8) is 0 Å². The Morgan fingerprint density at radius 2 is 1.84 bits per heavy atom. The Morgan fingerprint density at radius 3 is 2.42 bits per heavy atom. The summed E-state index contributed by atoms with van der Waals surface area (Å²) in [6.45, 7) is 0.291. The summed E-state index contributed by atoms with van der Waals surface area (Å²) in [5, 5.41) is 2.71. The monoisotopic (exact) mass is 267 g/mol. The van der Waals surface area contributed by atoms with Gasteiger partial charge in [0.2, 0.25) is 0 Å². The molecule has 3 N–H and O–H groups in total. The lowest BCUT2D eigenvalue weighted by Gasteiger charge is -2.14. The van der Waals surface area contributed by atoms with E-state index >= 15 is 0 Å². The molecule has 0 aliphatic heterocycles. The Bertz CT molecular complexity index is 550. The number of nitrogens with zero attached hydrogens (tertiary/aromatic N) is 1. The van der Waals surface area contributed by atoms with Crippen LogP contribution in [0.25, 0.3) is 0 Å². The van der Waals surface area contributed by atoms with Crippen molar-refractivity contribution in [3.8, 4) is 0 Å². The van der Waals surface area contributed by atoms with Crippen LogP contribution in [0.2, 0.25) is 0 Å². The lowest BCUT2D eigenvalue weighted by Crippen LogP contribution is -2.08. The largest absolute Gasteiger partial charge is 0.418 e. The van der Waals surface area contributed by atoms with E-state index in [-0.39, 0.29) is 5.69 Å². The smallest absolute Gasteiger partial charge is 0.354 e. The first-order valence-corrected chi connectivity index (χ1v) is 5.59. The van der Waals surface area contributed by atoms with Crippen molar-refractivity contribution in [2.24, 2.45) is 5.73 Å². The van der Waals surface area contributed by atoms with Crippen molar-refractivity contribution in [2.45, 2.75) is 12.7 Å². The van der Waals surface area contributed by atoms with Gasteiger partial charge in [0.15, 0.2) is 0 Å². The van der Waals surface area contributed by atoms with Crippen molar-refractivity contribution < 1.29 is 13.2 Å². The summed E-state index contributed by atoms with van der Waals surface area (Å²) < 4.78 is 38.4. The topological polar surface area (TPSA) is 50.9 Å². The van der Waals surface area contributed by atoms with E-state index < -0.39 is 11.7 Å². The van der Waals surface area contributed by atoms with Crippen molar-refractivity contribution >= 4 is 11.4 Å². The minimum Gasteiger partial charge on any atom is -0.354 e. The van der Waals surface area contributed by atoms with E-state index in [0.29, 0.717) is 17.9 Å². The van der Waals surface area contributed by atoms with Crippen LogP contribution in [0.4, 0.5) is 24.5 Å². The maximum Gasteiger partial charge on any atom is 0.418 e. The van der Waals surface area contributed by atoms with Crippen molar-refractivity contribution in [2.75, 3.05) is 5.32 Å². The zero-order valence-corrected chi connectivity index (χ0v) is 9.91. The van der Waals surface area contributed by atoms with Crippen LogP contribution in [0, 0.1) is 0 Å². The van der Waals surface area contributed by atoms with Crippen LogP contribution in [-0.2, 0) is 12.7 Å². The third-order valence-electron chi connectivity index (χ3n) is 2.55. The molecule has 0 aliphatic carbocycles. The molecule has 0 spiro atoms. The molecule has 0 bridgehead atoms. The van der Waals surface area contributed by atoms with E-state index in [4.69, 9.17) is 5.73 Å². The van der Waals surface area contributed by atoms with Gasteiger partial charge in [-0.05, 0) is 24.3 Å². The number of para-hydroxylation sites is 1. The summed E-state index contributed by atoms with van der Waals surface area (Å²) >= 11 is 0. The van der Waals surface area contributed by atoms with E-state index in [1.54, 1.807) is 18.2 Å². The van der Waals surface area contributed by atoms with Crippen LogP contribution in [0.3, 0.4) is 0 Å². The highest BCUT2D eigenvalue weighted by atomic mass is 19.4. The van der Waals surface area contributed by atoms with Crippen LogP contribution in [-0.4, -0.2) is 4.98 Å². The summed E-state index contributed by atoms with van der Waals surface area (Å²) in [5.74, 6) is 0. The molecular formula is C13H12F3N3. The fourth-order valence-corrected chi connectivity index (χ4v) is 1.61. The number of nitrogens with two attached hydrogens (primary N) is 1. The summed E-state index contributed by atoms with van der Waals surface area (Å²) in [4.78, 5) is 4.02. The molecule has 0 radical (unpaired) electrons. The second kappa shape index (κ2) is 5.27. The zero-order valence-electron chi connectivity index (χ0n) is 9.91. The van der Waals surface area contributed by atoms with Crippen molar-refractivity contribution in [1.82, 2.24) is 4.98 Å². The Balaban J connectivity index is 2.28. The molecule has 6 heteroatoms. The van der Waals surface area contributed by atoms with Gasteiger partial charge in [-0.15, -0.1) is 0 Å². The molecule has 0 atom stereocenters. The fraction of sp³-hybridized carbons (Fsp3) is 0.154. The molecule has 1 heterocycles. The Hall–Kier alpha value is -2.08. The molecule has 0 saturated carbocycles. The number of halogens is 3. The number of hydrogen-bond acceptors (Lipinski definition) is 3. The van der Waals surface area contributed by atoms with E-state index in [0.717, 1.165) is 6.07 Å². The van der Waals surface area contributed by atoms with Crippen molar-refractivity contribution in [1.29, 1.82) is 0 Å². The van der Waals surface area contributed by atoms with Gasteiger partial charge in [0.05, 0.1) is 28.8 Å². The SMILES string of the molecule is NCc1ccc(Nc2ccccc2C(F)(F)F)cn1. The average molecular weight is 267 g/mol. The summed E-state index contributed by atoms with van der Waals surface area (Å²) in [5.41, 5.74) is 5.85. The summed E-state index contributed by atoms with van der Waals surface area (Å²) in [6, 6.07) is 8.60. The first-order valence-electron chi connectivity index (χ1n) is 5.59. The Kier molecular flexibility index (Phi) is 3.71. The van der Waals surface area contributed by atoms with E-state index in [1.165, 1.54) is 18.3 Å². The van der Waals surface area contributed by atoms with Gasteiger partial charge in [-0.1, -0.05) is 12.1 Å². The van der Waals surface area contributed by atoms with Gasteiger partial charge >= 0.3 is 6.18 Å². The summed E-state index contributed by atoms with van der Waals surface area (Å²) in [6.07, 6.45) is -2.94. The lowest BCUT2D eigenvalue weighted by molar-refractivity contribution is -0.136. The van der Waals surface area contributed by atoms with Crippen molar-refractivity contribution in [3.05, 3.63) is 53.9 Å². The molecule has 0 saturated heterocycles. The predicted octanol–water partition coefficient (Wildman–Crippen LogP) is 3.30. The number of hydrogen-bond donors (Lipinski definition) is 2. The summed E-state index contributed by atoms with van der Waals surface area (Å²) in [7, 11) is 0. The highest BCUT2D eigenvalue weighted by molar-refractivity contribution is 5.63. The second-order valence-corrected chi connectivity index (χ2v) is 3.91. The van der Waals surface area contributed by atoms with E-state index in [9.17, 15) is 13.2 Å². The predicted molar refractivity (Wildman–Crippen MR) is 66.9 cm³/mol. The van der Waals surface area contributed by atoms with Gasteiger partial charge in [-0.2, -0.15) is 13.2 Å². The van der Waals surface area contributed by atoms with Gasteiger partial charge in [-0.25, -0.2) is 0 Å². The molecule has 1 aromatic heterocycles. The van der Waals surface area contributed by atoms with Gasteiger partial charge < -0.3 is 11.1 Å². The molecular weight excluding hydrogens is 255 g/mol. The minimum absolute atomic E-state index is 0.00250. The van der Waals surface area contributed by atoms with E-state index in [2.05, 4.69) is 10.3 Å². The number of benzene rings is 1. The molecule has 2 aromatic rings. The first-order chi connectivity index (χ1) is 9.00. The van der Waals surface area contributed by atoms with Crippen LogP contribution < -0.4 is 11.1 Å². The number of pyridine rings is 1. The van der Waals surface area contributed by atoms with Crippen LogP contribution in [0.1, 0.15) is 11.3 Å². The fourth-order valence-electron chi connectivity index (χ4n) is 1.61. The van der Waals surface area contributed by atoms with Gasteiger partial charge in [0.1, 0.15) is 0 Å². The lowest BCUT2D eigenvalue weighted by atomic mass is 10.1. The van der Waals surface area contributed by atoms with Gasteiger partial charge in [-0.3, -0.25) is 4.98 Å².